The van der Waals surface area contributed by atoms with E-state index >= 15 is 0 Å². The summed E-state index contributed by atoms with van der Waals surface area (Å²) in [5, 5.41) is 17.5. The number of carbonyl (C=O) groups is 2. The van der Waals surface area contributed by atoms with Gasteiger partial charge in [0.2, 0.25) is 11.8 Å². The summed E-state index contributed by atoms with van der Waals surface area (Å²) >= 11 is 1.36. The summed E-state index contributed by atoms with van der Waals surface area (Å²) in [7, 11) is 0. The average Bonchev–Trinajstić information content (AvgIpc) is 3.27. The van der Waals surface area contributed by atoms with Crippen LogP contribution in [-0.2, 0) is 14.3 Å². The van der Waals surface area contributed by atoms with Gasteiger partial charge in [-0.1, -0.05) is 0 Å². The fourth-order valence-corrected chi connectivity index (χ4v) is 3.30. The summed E-state index contributed by atoms with van der Waals surface area (Å²) in [5.41, 5.74) is 0. The Labute approximate surface area is 138 Å². The number of nitrogens with one attached hydrogen (secondary N) is 2. The zero-order valence-electron chi connectivity index (χ0n) is 12.7. The summed E-state index contributed by atoms with van der Waals surface area (Å²) in [6.45, 7) is -0.166. The second kappa shape index (κ2) is 7.37. The first-order chi connectivity index (χ1) is 11.2. The Bertz CT molecular complexity index is 547. The molecule has 2 fully saturated rings. The lowest BCUT2D eigenvalue weighted by Crippen LogP contribution is -2.51. The third-order valence-electron chi connectivity index (χ3n) is 4.16. The quantitative estimate of drug-likeness (QED) is 0.715. The Hall–Kier alpha value is -1.51. The molecular formula is C15H21N3O4S. The lowest BCUT2D eigenvalue weighted by molar-refractivity contribution is -0.134. The third kappa shape index (κ3) is 4.49. The number of hydrogen-bond acceptors (Lipinski definition) is 6. The number of anilines is 1. The van der Waals surface area contributed by atoms with Crippen molar-refractivity contribution in [2.45, 2.75) is 50.4 Å². The number of hydrogen-bond donors (Lipinski definition) is 3. The number of aromatic nitrogens is 1. The largest absolute Gasteiger partial charge is 0.394 e. The fourth-order valence-electron chi connectivity index (χ4n) is 2.76. The molecule has 1 aliphatic carbocycles. The van der Waals surface area contributed by atoms with Crippen molar-refractivity contribution in [2.75, 3.05) is 11.9 Å². The van der Waals surface area contributed by atoms with Crippen LogP contribution >= 0.6 is 11.3 Å². The summed E-state index contributed by atoms with van der Waals surface area (Å²) < 4.78 is 5.80. The number of nitrogens with zero attached hydrogens (tertiary/aromatic N) is 1. The molecule has 1 saturated heterocycles. The second-order valence-electron chi connectivity index (χ2n) is 6.04. The monoisotopic (exact) mass is 339 g/mol. The molecule has 0 radical (unpaired) electrons. The molecule has 0 aromatic carbocycles. The number of amides is 2. The Morgan fingerprint density at radius 1 is 1.35 bits per heavy atom. The van der Waals surface area contributed by atoms with Gasteiger partial charge in [0.05, 0.1) is 25.2 Å². The van der Waals surface area contributed by atoms with Gasteiger partial charge in [-0.25, -0.2) is 4.98 Å². The number of carbonyl (C=O) groups excluding carboxylic acids is 2. The van der Waals surface area contributed by atoms with Crippen LogP contribution in [0.15, 0.2) is 11.6 Å². The van der Waals surface area contributed by atoms with Crippen LogP contribution in [-0.4, -0.2) is 46.8 Å². The number of thiazole rings is 1. The molecule has 3 atom stereocenters. The molecule has 2 heterocycles. The number of ether oxygens (including phenoxy) is 1. The maximum absolute atomic E-state index is 12.0. The van der Waals surface area contributed by atoms with E-state index in [4.69, 9.17) is 4.74 Å². The van der Waals surface area contributed by atoms with E-state index in [2.05, 4.69) is 15.6 Å². The molecule has 0 spiro atoms. The molecule has 3 rings (SSSR count). The molecular weight excluding hydrogens is 318 g/mol. The molecule has 1 aromatic heterocycles. The molecule has 0 bridgehead atoms. The molecule has 23 heavy (non-hydrogen) atoms. The van der Waals surface area contributed by atoms with Gasteiger partial charge < -0.3 is 20.5 Å². The highest BCUT2D eigenvalue weighted by molar-refractivity contribution is 7.13. The molecule has 1 aromatic rings. The van der Waals surface area contributed by atoms with Crippen LogP contribution in [0.25, 0.3) is 0 Å². The van der Waals surface area contributed by atoms with E-state index < -0.39 is 6.10 Å². The van der Waals surface area contributed by atoms with Crippen LogP contribution in [0.3, 0.4) is 0 Å². The topological polar surface area (TPSA) is 101 Å². The van der Waals surface area contributed by atoms with Crippen molar-refractivity contribution in [3.8, 4) is 0 Å². The Kier molecular flexibility index (Phi) is 5.24. The zero-order valence-corrected chi connectivity index (χ0v) is 13.6. The Morgan fingerprint density at radius 2 is 2.17 bits per heavy atom. The molecule has 0 unspecified atom stereocenters. The molecule has 3 N–H and O–H groups in total. The summed E-state index contributed by atoms with van der Waals surface area (Å²) in [5.74, 6) is 0.0373. The van der Waals surface area contributed by atoms with E-state index in [1.165, 1.54) is 11.3 Å². The summed E-state index contributed by atoms with van der Waals surface area (Å²) in [6.07, 6.45) is 4.43. The van der Waals surface area contributed by atoms with Gasteiger partial charge >= 0.3 is 0 Å². The SMILES string of the molecule is O=C(C[C@H]1CC[C@@H](NC(=O)C2CC2)[C@@H](CO)O1)Nc1nccs1. The minimum Gasteiger partial charge on any atom is -0.394 e. The lowest BCUT2D eigenvalue weighted by atomic mass is 9.96. The van der Waals surface area contributed by atoms with E-state index in [-0.39, 0.29) is 42.9 Å². The van der Waals surface area contributed by atoms with Gasteiger partial charge in [0.15, 0.2) is 5.13 Å². The van der Waals surface area contributed by atoms with Crippen molar-refractivity contribution in [1.29, 1.82) is 0 Å². The first kappa shape index (κ1) is 16.4. The minimum absolute atomic E-state index is 0.0528. The average molecular weight is 339 g/mol. The maximum atomic E-state index is 12.0. The van der Waals surface area contributed by atoms with Crippen LogP contribution in [0.1, 0.15) is 32.1 Å². The highest BCUT2D eigenvalue weighted by Crippen LogP contribution is 2.30. The molecule has 7 nitrogen and oxygen atoms in total. The highest BCUT2D eigenvalue weighted by Gasteiger charge is 2.36. The second-order valence-corrected chi connectivity index (χ2v) is 6.93. The molecule has 1 aliphatic heterocycles. The number of aliphatic hydroxyl groups is 1. The van der Waals surface area contributed by atoms with Gasteiger partial charge in [0.1, 0.15) is 6.10 Å². The van der Waals surface area contributed by atoms with E-state index in [0.717, 1.165) is 12.8 Å². The molecule has 1 saturated carbocycles. The highest BCUT2D eigenvalue weighted by atomic mass is 32.1. The smallest absolute Gasteiger partial charge is 0.228 e. The molecule has 2 amide bonds. The van der Waals surface area contributed by atoms with Crippen molar-refractivity contribution >= 4 is 28.3 Å². The van der Waals surface area contributed by atoms with Gasteiger partial charge in [-0.3, -0.25) is 9.59 Å². The number of rotatable bonds is 6. The first-order valence-electron chi connectivity index (χ1n) is 7.91. The standard InChI is InChI=1S/C15H21N3O4S/c19-8-12-11(17-14(21)9-1-2-9)4-3-10(22-12)7-13(20)18-15-16-5-6-23-15/h5-6,9-12,19H,1-4,7-8H2,(H,17,21)(H,16,18,20)/t10-,11-,12-/m1/s1. The van der Waals surface area contributed by atoms with Crippen LogP contribution in [0, 0.1) is 5.92 Å². The van der Waals surface area contributed by atoms with Gasteiger partial charge in [-0.05, 0) is 25.7 Å². The van der Waals surface area contributed by atoms with E-state index in [1.54, 1.807) is 11.6 Å². The van der Waals surface area contributed by atoms with Gasteiger partial charge in [-0.15, -0.1) is 11.3 Å². The minimum atomic E-state index is -0.455. The first-order valence-corrected chi connectivity index (χ1v) is 8.79. The van der Waals surface area contributed by atoms with Gasteiger partial charge in [-0.2, -0.15) is 0 Å². The van der Waals surface area contributed by atoms with Gasteiger partial charge in [0, 0.05) is 17.5 Å². The van der Waals surface area contributed by atoms with Crippen molar-refractivity contribution < 1.29 is 19.4 Å². The van der Waals surface area contributed by atoms with Crippen LogP contribution in [0.5, 0.6) is 0 Å². The Morgan fingerprint density at radius 3 is 2.83 bits per heavy atom. The Balaban J connectivity index is 1.47. The maximum Gasteiger partial charge on any atom is 0.228 e. The van der Waals surface area contributed by atoms with E-state index in [1.807, 2.05) is 0 Å². The molecule has 8 heteroatoms. The normalized spacial score (nSPS) is 27.4. The van der Waals surface area contributed by atoms with Crippen molar-refractivity contribution in [1.82, 2.24) is 10.3 Å². The predicted molar refractivity (Wildman–Crippen MR) is 85.0 cm³/mol. The van der Waals surface area contributed by atoms with Gasteiger partial charge in [0.25, 0.3) is 0 Å². The van der Waals surface area contributed by atoms with Crippen LogP contribution in [0.2, 0.25) is 0 Å². The van der Waals surface area contributed by atoms with Crippen molar-refractivity contribution in [2.24, 2.45) is 5.92 Å². The predicted octanol–water partition coefficient (Wildman–Crippen LogP) is 0.906. The lowest BCUT2D eigenvalue weighted by Gasteiger charge is -2.36. The number of aliphatic hydroxyl groups excluding tert-OH is 1. The fraction of sp³-hybridized carbons (Fsp3) is 0.667. The summed E-state index contributed by atoms with van der Waals surface area (Å²) in [4.78, 5) is 27.8. The van der Waals surface area contributed by atoms with Crippen LogP contribution < -0.4 is 10.6 Å². The summed E-state index contributed by atoms with van der Waals surface area (Å²) in [6, 6.07) is -0.175. The zero-order chi connectivity index (χ0) is 16.2. The third-order valence-corrected chi connectivity index (χ3v) is 4.85. The van der Waals surface area contributed by atoms with Crippen LogP contribution in [0.4, 0.5) is 5.13 Å². The van der Waals surface area contributed by atoms with E-state index in [9.17, 15) is 14.7 Å². The van der Waals surface area contributed by atoms with Crippen molar-refractivity contribution in [3.63, 3.8) is 0 Å². The van der Waals surface area contributed by atoms with Crippen molar-refractivity contribution in [3.05, 3.63) is 11.6 Å². The van der Waals surface area contributed by atoms with E-state index in [0.29, 0.717) is 18.0 Å². The molecule has 2 aliphatic rings. The molecule has 126 valence electrons.